The number of furan rings is 1. The molecule has 1 fully saturated rings. The highest BCUT2D eigenvalue weighted by molar-refractivity contribution is 8.18. The first kappa shape index (κ1) is 23.4. The molecule has 0 atom stereocenters. The van der Waals surface area contributed by atoms with Crippen molar-refractivity contribution < 1.29 is 28.3 Å². The molecule has 0 N–H and O–H groups in total. The zero-order valence-electron chi connectivity index (χ0n) is 19.3. The van der Waals surface area contributed by atoms with E-state index in [1.165, 1.54) is 19.2 Å². The molecule has 2 amide bonds. The topological polar surface area (TPSA) is 86.0 Å². The van der Waals surface area contributed by atoms with Gasteiger partial charge in [-0.2, -0.15) is 0 Å². The molecule has 5 rings (SSSR count). The summed E-state index contributed by atoms with van der Waals surface area (Å²) in [6.45, 7) is 0.275. The molecule has 0 radical (unpaired) electrons. The van der Waals surface area contributed by atoms with E-state index in [1.807, 2.05) is 42.5 Å². The summed E-state index contributed by atoms with van der Waals surface area (Å²) >= 11 is 0.848. The largest absolute Gasteiger partial charge is 0.488 e. The van der Waals surface area contributed by atoms with Gasteiger partial charge in [0, 0.05) is 5.56 Å². The molecule has 3 aromatic carbocycles. The monoisotopic (exact) mass is 499 g/mol. The van der Waals surface area contributed by atoms with Crippen LogP contribution in [0, 0.1) is 0 Å². The van der Waals surface area contributed by atoms with Gasteiger partial charge in [0.15, 0.2) is 0 Å². The Kier molecular flexibility index (Phi) is 6.60. The van der Waals surface area contributed by atoms with Crippen molar-refractivity contribution in [2.75, 3.05) is 7.11 Å². The molecular formula is C28H21NO6S. The molecule has 1 saturated heterocycles. The quantitative estimate of drug-likeness (QED) is 0.226. The molecule has 0 aliphatic carbocycles. The first-order valence-corrected chi connectivity index (χ1v) is 12.0. The maximum atomic E-state index is 13.0. The fraction of sp³-hybridized carbons (Fsp3) is 0.107. The van der Waals surface area contributed by atoms with Crippen LogP contribution in [0.4, 0.5) is 4.79 Å². The van der Waals surface area contributed by atoms with E-state index in [2.05, 4.69) is 29.0 Å². The van der Waals surface area contributed by atoms with Crippen LogP contribution in [-0.4, -0.2) is 29.1 Å². The predicted octanol–water partition coefficient (Wildman–Crippen LogP) is 6.03. The smallest absolute Gasteiger partial charge is 0.373 e. The van der Waals surface area contributed by atoms with Gasteiger partial charge in [-0.15, -0.1) is 0 Å². The highest BCUT2D eigenvalue weighted by Crippen LogP contribution is 2.35. The van der Waals surface area contributed by atoms with Gasteiger partial charge in [0.05, 0.1) is 18.6 Å². The number of fused-ring (bicyclic) bond motifs is 1. The van der Waals surface area contributed by atoms with Crippen molar-refractivity contribution >= 4 is 45.7 Å². The van der Waals surface area contributed by atoms with E-state index >= 15 is 0 Å². The molecule has 180 valence electrons. The average Bonchev–Trinajstić information content (AvgIpc) is 3.48. The van der Waals surface area contributed by atoms with E-state index in [0.29, 0.717) is 23.7 Å². The van der Waals surface area contributed by atoms with E-state index in [1.54, 1.807) is 6.08 Å². The highest BCUT2D eigenvalue weighted by Gasteiger charge is 2.36. The molecule has 0 unspecified atom stereocenters. The molecule has 0 saturated carbocycles. The van der Waals surface area contributed by atoms with Crippen LogP contribution in [0.2, 0.25) is 0 Å². The summed E-state index contributed by atoms with van der Waals surface area (Å²) in [4.78, 5) is 38.5. The highest BCUT2D eigenvalue weighted by atomic mass is 32.2. The normalized spacial score (nSPS) is 14.6. The van der Waals surface area contributed by atoms with Gasteiger partial charge >= 0.3 is 5.97 Å². The second-order valence-electron chi connectivity index (χ2n) is 8.03. The number of methoxy groups -OCH3 is 1. The number of para-hydroxylation sites is 1. The minimum atomic E-state index is -0.629. The van der Waals surface area contributed by atoms with E-state index in [9.17, 15) is 14.4 Å². The van der Waals surface area contributed by atoms with E-state index < -0.39 is 17.1 Å². The van der Waals surface area contributed by atoms with Crippen molar-refractivity contribution in [3.8, 4) is 5.75 Å². The molecule has 7 nitrogen and oxygen atoms in total. The van der Waals surface area contributed by atoms with Gasteiger partial charge in [0.25, 0.3) is 11.1 Å². The third-order valence-corrected chi connectivity index (χ3v) is 6.56. The Labute approximate surface area is 211 Å². The zero-order chi connectivity index (χ0) is 25.1. The summed E-state index contributed by atoms with van der Waals surface area (Å²) in [6.07, 6.45) is 1.66. The standard InChI is InChI=1S/C28H21NO6S/c1-33-27(31)24-13-12-22(35-24)16-29-26(30)25(36-28(29)32)15-21-8-4-5-9-23(21)34-17-18-10-11-19-6-2-3-7-20(19)14-18/h2-15H,16-17H2,1H3/b25-15+. The van der Waals surface area contributed by atoms with Gasteiger partial charge in [0.1, 0.15) is 18.1 Å². The number of amides is 2. The number of imide groups is 1. The minimum Gasteiger partial charge on any atom is -0.488 e. The van der Waals surface area contributed by atoms with E-state index in [4.69, 9.17) is 9.15 Å². The summed E-state index contributed by atoms with van der Waals surface area (Å²) in [5, 5.41) is 1.88. The van der Waals surface area contributed by atoms with Crippen LogP contribution in [-0.2, 0) is 22.7 Å². The number of carbonyl (C=O) groups excluding carboxylic acids is 3. The minimum absolute atomic E-state index is 0.00695. The van der Waals surface area contributed by atoms with Crippen LogP contribution >= 0.6 is 11.8 Å². The number of ether oxygens (including phenoxy) is 2. The number of hydrogen-bond acceptors (Lipinski definition) is 7. The SMILES string of the molecule is COC(=O)c1ccc(CN2C(=O)S/C(=C/c3ccccc3OCc3ccc4ccccc4c3)C2=O)o1. The van der Waals surface area contributed by atoms with Crippen LogP contribution in [0.15, 0.2) is 88.2 Å². The molecule has 4 aromatic rings. The van der Waals surface area contributed by atoms with Gasteiger partial charge in [-0.3, -0.25) is 14.5 Å². The van der Waals surface area contributed by atoms with Crippen molar-refractivity contribution in [2.45, 2.75) is 13.2 Å². The summed E-state index contributed by atoms with van der Waals surface area (Å²) in [7, 11) is 1.25. The number of benzene rings is 3. The van der Waals surface area contributed by atoms with Crippen molar-refractivity contribution in [1.29, 1.82) is 0 Å². The number of rotatable bonds is 7. The van der Waals surface area contributed by atoms with Crippen molar-refractivity contribution in [2.24, 2.45) is 0 Å². The summed E-state index contributed by atoms with van der Waals surface area (Å²) in [5.74, 6) is -0.155. The molecule has 1 aromatic heterocycles. The second-order valence-corrected chi connectivity index (χ2v) is 9.03. The van der Waals surface area contributed by atoms with Crippen molar-refractivity contribution in [1.82, 2.24) is 4.90 Å². The van der Waals surface area contributed by atoms with E-state index in [-0.39, 0.29) is 17.2 Å². The molecule has 1 aliphatic heterocycles. The third kappa shape index (κ3) is 4.89. The molecule has 0 bridgehead atoms. The van der Waals surface area contributed by atoms with Gasteiger partial charge in [-0.1, -0.05) is 54.6 Å². The van der Waals surface area contributed by atoms with Crippen LogP contribution in [0.1, 0.15) is 27.4 Å². The Morgan fingerprint density at radius 2 is 1.75 bits per heavy atom. The fourth-order valence-corrected chi connectivity index (χ4v) is 4.66. The Bertz CT molecular complexity index is 1500. The number of thioether (sulfide) groups is 1. The number of esters is 1. The van der Waals surface area contributed by atoms with Crippen molar-refractivity contribution in [3.63, 3.8) is 0 Å². The first-order valence-electron chi connectivity index (χ1n) is 11.1. The number of hydrogen-bond donors (Lipinski definition) is 0. The van der Waals surface area contributed by atoms with Crippen LogP contribution in [0.3, 0.4) is 0 Å². The van der Waals surface area contributed by atoms with Crippen LogP contribution in [0.25, 0.3) is 16.8 Å². The molecule has 36 heavy (non-hydrogen) atoms. The molecule has 8 heteroatoms. The predicted molar refractivity (Wildman–Crippen MR) is 136 cm³/mol. The Hall–Kier alpha value is -4.30. The lowest BCUT2D eigenvalue weighted by atomic mass is 10.1. The first-order chi connectivity index (χ1) is 17.5. The Balaban J connectivity index is 1.31. The summed E-state index contributed by atoms with van der Waals surface area (Å²) in [6, 6.07) is 24.6. The Morgan fingerprint density at radius 1 is 0.972 bits per heavy atom. The lowest BCUT2D eigenvalue weighted by molar-refractivity contribution is -0.123. The molecule has 0 spiro atoms. The molecule has 1 aliphatic rings. The van der Waals surface area contributed by atoms with Gasteiger partial charge < -0.3 is 13.9 Å². The van der Waals surface area contributed by atoms with Crippen LogP contribution < -0.4 is 4.74 Å². The molecular weight excluding hydrogens is 478 g/mol. The Morgan fingerprint density at radius 3 is 2.58 bits per heavy atom. The third-order valence-electron chi connectivity index (χ3n) is 5.65. The lowest BCUT2D eigenvalue weighted by Gasteiger charge is -2.11. The maximum Gasteiger partial charge on any atom is 0.373 e. The summed E-state index contributed by atoms with van der Waals surface area (Å²) < 4.78 is 16.1. The lowest BCUT2D eigenvalue weighted by Crippen LogP contribution is -2.27. The average molecular weight is 500 g/mol. The number of nitrogens with zero attached hydrogens (tertiary/aromatic N) is 1. The maximum absolute atomic E-state index is 13.0. The summed E-state index contributed by atoms with van der Waals surface area (Å²) in [5.41, 5.74) is 1.71. The van der Waals surface area contributed by atoms with Gasteiger partial charge in [-0.25, -0.2) is 4.79 Å². The van der Waals surface area contributed by atoms with Crippen LogP contribution in [0.5, 0.6) is 5.75 Å². The number of carbonyl (C=O) groups is 3. The van der Waals surface area contributed by atoms with Gasteiger partial charge in [-0.05, 0) is 58.4 Å². The molecule has 2 heterocycles. The second kappa shape index (κ2) is 10.1. The van der Waals surface area contributed by atoms with Gasteiger partial charge in [0.2, 0.25) is 5.76 Å². The fourth-order valence-electron chi connectivity index (χ4n) is 3.83. The van der Waals surface area contributed by atoms with Crippen molar-refractivity contribution in [3.05, 3.63) is 106 Å². The van der Waals surface area contributed by atoms with E-state index in [0.717, 1.165) is 33.0 Å². The zero-order valence-corrected chi connectivity index (χ0v) is 20.1.